The Balaban J connectivity index is 0.000000386. The molecule has 0 aliphatic heterocycles. The Labute approximate surface area is 96.3 Å². The van der Waals surface area contributed by atoms with E-state index < -0.39 is 0 Å². The first-order valence-electron chi connectivity index (χ1n) is 4.72. The Morgan fingerprint density at radius 3 is 1.31 bits per heavy atom. The molecule has 3 nitrogen and oxygen atoms in total. The summed E-state index contributed by atoms with van der Waals surface area (Å²) in [6.07, 6.45) is 0. The number of rotatable bonds is 2. The summed E-state index contributed by atoms with van der Waals surface area (Å²) in [5.41, 5.74) is 13.5. The molecule has 0 unspecified atom stereocenters. The molecule has 0 fully saturated rings. The SMILES string of the molecule is [N-]=[N+]=[N-].c1ccc(Pc2ccccc2)cc1. The minimum absolute atomic E-state index is 0.777. The van der Waals surface area contributed by atoms with Gasteiger partial charge in [0.1, 0.15) is 0 Å². The second-order valence-electron chi connectivity index (χ2n) is 2.95. The second-order valence-corrected chi connectivity index (χ2v) is 4.35. The van der Waals surface area contributed by atoms with Gasteiger partial charge in [0.05, 0.1) is 0 Å². The topological polar surface area (TPSA) is 58.7 Å². The second kappa shape index (κ2) is 7.47. The van der Waals surface area contributed by atoms with E-state index in [9.17, 15) is 0 Å². The van der Waals surface area contributed by atoms with Gasteiger partial charge in [-0.2, -0.15) is 0 Å². The Hall–Kier alpha value is -1.82. The molecule has 4 heteroatoms. The summed E-state index contributed by atoms with van der Waals surface area (Å²) in [5, 5.41) is 2.79. The smallest absolute Gasteiger partial charge is 0.0226 e. The lowest BCUT2D eigenvalue weighted by Gasteiger charge is -2.00. The van der Waals surface area contributed by atoms with Crippen molar-refractivity contribution in [2.75, 3.05) is 0 Å². The highest BCUT2D eigenvalue weighted by atomic mass is 31.1. The maximum absolute atomic E-state index is 6.75. The van der Waals surface area contributed by atoms with E-state index in [1.807, 2.05) is 0 Å². The highest BCUT2D eigenvalue weighted by molar-refractivity contribution is 7.55. The van der Waals surface area contributed by atoms with Gasteiger partial charge in [0, 0.05) is 0 Å². The van der Waals surface area contributed by atoms with Crippen molar-refractivity contribution in [2.24, 2.45) is 0 Å². The molecule has 0 amide bonds. The molecule has 0 aromatic heterocycles. The number of hydrogen-bond donors (Lipinski definition) is 0. The van der Waals surface area contributed by atoms with E-state index in [1.54, 1.807) is 0 Å². The van der Waals surface area contributed by atoms with E-state index in [1.165, 1.54) is 15.5 Å². The third kappa shape index (κ3) is 4.61. The van der Waals surface area contributed by atoms with E-state index in [0.717, 1.165) is 8.58 Å². The van der Waals surface area contributed by atoms with Crippen molar-refractivity contribution in [3.63, 3.8) is 0 Å². The van der Waals surface area contributed by atoms with Crippen LogP contribution in [0.25, 0.3) is 16.0 Å². The van der Waals surface area contributed by atoms with Crippen molar-refractivity contribution in [1.82, 2.24) is 0 Å². The Kier molecular flexibility index (Phi) is 5.72. The number of hydrogen-bond acceptors (Lipinski definition) is 0. The molecule has 0 N–H and O–H groups in total. The zero-order valence-corrected chi connectivity index (χ0v) is 9.62. The molecule has 0 atom stereocenters. The predicted octanol–water partition coefficient (Wildman–Crippen LogP) is 3.18. The maximum atomic E-state index is 6.75. The fourth-order valence-corrected chi connectivity index (χ4v) is 2.26. The minimum Gasteiger partial charge on any atom is -0.373 e. The molecule has 0 aliphatic rings. The lowest BCUT2D eigenvalue weighted by Crippen LogP contribution is -2.01. The van der Waals surface area contributed by atoms with Gasteiger partial charge in [0.15, 0.2) is 0 Å². The summed E-state index contributed by atoms with van der Waals surface area (Å²) < 4.78 is 0. The summed E-state index contributed by atoms with van der Waals surface area (Å²) in [7, 11) is 0.777. The zero-order valence-electron chi connectivity index (χ0n) is 8.62. The van der Waals surface area contributed by atoms with Gasteiger partial charge in [-0.3, -0.25) is 4.91 Å². The Morgan fingerprint density at radius 1 is 0.688 bits per heavy atom. The first-order chi connectivity index (χ1) is 7.86. The molecule has 0 radical (unpaired) electrons. The van der Waals surface area contributed by atoms with Gasteiger partial charge in [0.25, 0.3) is 0 Å². The molecule has 0 spiro atoms. The molecule has 0 saturated carbocycles. The third-order valence-corrected chi connectivity index (χ3v) is 3.08. The largest absolute Gasteiger partial charge is 0.373 e. The van der Waals surface area contributed by atoms with Crippen LogP contribution in [-0.4, -0.2) is 0 Å². The highest BCUT2D eigenvalue weighted by Gasteiger charge is 1.92. The van der Waals surface area contributed by atoms with E-state index in [0.29, 0.717) is 0 Å². The van der Waals surface area contributed by atoms with E-state index >= 15 is 0 Å². The molecule has 0 heterocycles. The Morgan fingerprint density at radius 2 is 1.00 bits per heavy atom. The molecule has 0 aliphatic carbocycles. The van der Waals surface area contributed by atoms with Crippen molar-refractivity contribution >= 4 is 19.2 Å². The van der Waals surface area contributed by atoms with Crippen LogP contribution in [0.15, 0.2) is 60.7 Å². The van der Waals surface area contributed by atoms with Gasteiger partial charge in [0.2, 0.25) is 0 Å². The van der Waals surface area contributed by atoms with Crippen molar-refractivity contribution in [3.8, 4) is 0 Å². The van der Waals surface area contributed by atoms with Crippen LogP contribution in [0.5, 0.6) is 0 Å². The van der Waals surface area contributed by atoms with Gasteiger partial charge in [-0.1, -0.05) is 69.2 Å². The summed E-state index contributed by atoms with van der Waals surface area (Å²) in [6, 6.07) is 21.2. The lowest BCUT2D eigenvalue weighted by atomic mass is 10.4. The van der Waals surface area contributed by atoms with Crippen LogP contribution >= 0.6 is 8.58 Å². The quantitative estimate of drug-likeness (QED) is 0.328. The van der Waals surface area contributed by atoms with E-state index in [-0.39, 0.29) is 0 Å². The van der Waals surface area contributed by atoms with Gasteiger partial charge in [-0.25, -0.2) is 0 Å². The molecular weight excluding hydrogens is 217 g/mol. The maximum Gasteiger partial charge on any atom is -0.0226 e. The standard InChI is InChI=1S/C12H11P.N3/c1-3-7-11(8-4-1)13-12-9-5-2-6-10-12;1-3-2/h1-10,13H;/q;-1. The molecule has 80 valence electrons. The summed E-state index contributed by atoms with van der Waals surface area (Å²) in [4.78, 5) is 1.50. The lowest BCUT2D eigenvalue weighted by molar-refractivity contribution is 1.76. The molecule has 2 rings (SSSR count). The van der Waals surface area contributed by atoms with Crippen LogP contribution < -0.4 is 10.6 Å². The molecule has 2 aromatic carbocycles. The zero-order chi connectivity index (χ0) is 11.6. The van der Waals surface area contributed by atoms with E-state index in [4.69, 9.17) is 11.1 Å². The first kappa shape index (κ1) is 12.3. The normalized spacial score (nSPS) is 8.50. The highest BCUT2D eigenvalue weighted by Crippen LogP contribution is 2.08. The van der Waals surface area contributed by atoms with Crippen molar-refractivity contribution < 1.29 is 0 Å². The van der Waals surface area contributed by atoms with Gasteiger partial charge in [-0.05, 0) is 10.6 Å². The van der Waals surface area contributed by atoms with Crippen LogP contribution in [0, 0.1) is 0 Å². The monoisotopic (exact) mass is 228 g/mol. The molecule has 16 heavy (non-hydrogen) atoms. The fraction of sp³-hybridized carbons (Fsp3) is 0. The van der Waals surface area contributed by atoms with Crippen LogP contribution in [-0.2, 0) is 0 Å². The van der Waals surface area contributed by atoms with Gasteiger partial charge < -0.3 is 11.1 Å². The summed E-state index contributed by atoms with van der Waals surface area (Å²) in [6.45, 7) is 0. The summed E-state index contributed by atoms with van der Waals surface area (Å²) >= 11 is 0. The molecule has 0 saturated heterocycles. The number of benzene rings is 2. The molecule has 0 bridgehead atoms. The number of nitrogens with zero attached hydrogens (tertiary/aromatic N) is 3. The first-order valence-corrected chi connectivity index (χ1v) is 5.72. The van der Waals surface area contributed by atoms with Gasteiger partial charge >= 0.3 is 0 Å². The van der Waals surface area contributed by atoms with Crippen LogP contribution in [0.4, 0.5) is 0 Å². The van der Waals surface area contributed by atoms with E-state index in [2.05, 4.69) is 60.7 Å². The van der Waals surface area contributed by atoms with Crippen LogP contribution in [0.2, 0.25) is 0 Å². The predicted molar refractivity (Wildman–Crippen MR) is 70.5 cm³/mol. The minimum atomic E-state index is 0.777. The third-order valence-electron chi connectivity index (χ3n) is 1.84. The molecular formula is C12H11N3P-. The Bertz CT molecular complexity index is 399. The molecule has 2 aromatic rings. The van der Waals surface area contributed by atoms with Crippen molar-refractivity contribution in [3.05, 3.63) is 76.6 Å². The van der Waals surface area contributed by atoms with Crippen molar-refractivity contribution in [1.29, 1.82) is 0 Å². The summed E-state index contributed by atoms with van der Waals surface area (Å²) in [5.74, 6) is 0. The van der Waals surface area contributed by atoms with Crippen LogP contribution in [0.3, 0.4) is 0 Å². The van der Waals surface area contributed by atoms with Crippen molar-refractivity contribution in [2.45, 2.75) is 0 Å². The van der Waals surface area contributed by atoms with Crippen LogP contribution in [0.1, 0.15) is 0 Å². The fourth-order valence-electron chi connectivity index (χ4n) is 1.21. The average molecular weight is 228 g/mol. The average Bonchev–Trinajstić information content (AvgIpc) is 2.33. The van der Waals surface area contributed by atoms with Gasteiger partial charge in [-0.15, -0.1) is 0 Å².